The second kappa shape index (κ2) is 8.02. The van der Waals surface area contributed by atoms with Crippen molar-refractivity contribution in [1.29, 1.82) is 10.5 Å². The average Bonchev–Trinajstić information content (AvgIpc) is 3.11. The SMILES string of the molecule is N#CCC1=CCc2cc(Cl)c(Nc3ccnc(Nc4ccc(C#N)cc4)n3)cc21. The number of anilines is 4. The number of hydrogen-bond donors (Lipinski definition) is 2. The molecule has 4 rings (SSSR count). The molecule has 1 aliphatic rings. The van der Waals surface area contributed by atoms with Gasteiger partial charge in [-0.25, -0.2) is 4.98 Å². The summed E-state index contributed by atoms with van der Waals surface area (Å²) in [6.45, 7) is 0. The Kier molecular flexibility index (Phi) is 5.11. The standard InChI is InChI=1S/C22H15ClN6/c23-19-11-16-4-3-15(7-9-24)18(16)12-20(19)28-21-8-10-26-22(29-21)27-17-5-1-14(13-25)2-6-17/h1-3,5-6,8,10-12H,4,7H2,(H2,26,27,28,29). The van der Waals surface area contributed by atoms with Gasteiger partial charge < -0.3 is 10.6 Å². The first-order valence-corrected chi connectivity index (χ1v) is 9.30. The summed E-state index contributed by atoms with van der Waals surface area (Å²) >= 11 is 6.44. The van der Waals surface area contributed by atoms with Gasteiger partial charge in [0.2, 0.25) is 5.95 Å². The number of hydrogen-bond acceptors (Lipinski definition) is 6. The fourth-order valence-electron chi connectivity index (χ4n) is 3.16. The number of nitrogens with zero attached hydrogens (tertiary/aromatic N) is 4. The Bertz CT molecular complexity index is 1190. The molecule has 140 valence electrons. The summed E-state index contributed by atoms with van der Waals surface area (Å²) in [5, 5.41) is 24.8. The number of nitrogens with one attached hydrogen (secondary N) is 2. The maximum atomic E-state index is 9.02. The van der Waals surface area contributed by atoms with Gasteiger partial charge in [0, 0.05) is 11.9 Å². The van der Waals surface area contributed by atoms with Crippen LogP contribution in [0, 0.1) is 22.7 Å². The lowest BCUT2D eigenvalue weighted by atomic mass is 10.0. The molecule has 6 nitrogen and oxygen atoms in total. The number of fused-ring (bicyclic) bond motifs is 1. The minimum Gasteiger partial charge on any atom is -0.339 e. The molecule has 0 atom stereocenters. The van der Waals surface area contributed by atoms with Crippen molar-refractivity contribution in [2.75, 3.05) is 10.6 Å². The van der Waals surface area contributed by atoms with E-state index in [4.69, 9.17) is 22.1 Å². The van der Waals surface area contributed by atoms with Gasteiger partial charge in [-0.3, -0.25) is 0 Å². The molecule has 0 fully saturated rings. The van der Waals surface area contributed by atoms with Crippen LogP contribution in [0.15, 0.2) is 54.7 Å². The average molecular weight is 399 g/mol. The summed E-state index contributed by atoms with van der Waals surface area (Å²) in [4.78, 5) is 8.70. The van der Waals surface area contributed by atoms with E-state index in [-0.39, 0.29) is 0 Å². The van der Waals surface area contributed by atoms with Gasteiger partial charge in [-0.2, -0.15) is 15.5 Å². The second-order valence-corrected chi connectivity index (χ2v) is 6.87. The highest BCUT2D eigenvalue weighted by Crippen LogP contribution is 2.36. The Hall–Kier alpha value is -3.87. The van der Waals surface area contributed by atoms with Gasteiger partial charge in [-0.1, -0.05) is 17.7 Å². The quantitative estimate of drug-likeness (QED) is 0.601. The van der Waals surface area contributed by atoms with Crippen LogP contribution in [0.4, 0.5) is 23.1 Å². The van der Waals surface area contributed by atoms with Gasteiger partial charge in [0.1, 0.15) is 5.82 Å². The third-order valence-electron chi connectivity index (χ3n) is 4.57. The number of allylic oxidation sites excluding steroid dienone is 2. The Morgan fingerprint density at radius 3 is 2.66 bits per heavy atom. The van der Waals surface area contributed by atoms with E-state index >= 15 is 0 Å². The maximum absolute atomic E-state index is 9.02. The van der Waals surface area contributed by atoms with Gasteiger partial charge in [0.15, 0.2) is 0 Å². The topological polar surface area (TPSA) is 97.4 Å². The molecule has 0 saturated carbocycles. The van der Waals surface area contributed by atoms with E-state index in [2.05, 4.69) is 38.8 Å². The normalized spacial score (nSPS) is 11.8. The lowest BCUT2D eigenvalue weighted by Gasteiger charge is -2.12. The molecule has 1 aromatic heterocycles. The van der Waals surface area contributed by atoms with Crippen LogP contribution in [0.25, 0.3) is 5.57 Å². The van der Waals surface area contributed by atoms with Gasteiger partial charge in [-0.15, -0.1) is 0 Å². The number of benzene rings is 2. The minimum atomic E-state index is 0.375. The largest absolute Gasteiger partial charge is 0.339 e. The maximum Gasteiger partial charge on any atom is 0.229 e. The molecule has 0 bridgehead atoms. The van der Waals surface area contributed by atoms with Gasteiger partial charge in [0.25, 0.3) is 0 Å². The Balaban J connectivity index is 1.55. The van der Waals surface area contributed by atoms with E-state index in [9.17, 15) is 0 Å². The van der Waals surface area contributed by atoms with E-state index in [1.807, 2.05) is 12.1 Å². The van der Waals surface area contributed by atoms with E-state index in [1.54, 1.807) is 36.5 Å². The Morgan fingerprint density at radius 2 is 1.90 bits per heavy atom. The highest BCUT2D eigenvalue weighted by molar-refractivity contribution is 6.33. The van der Waals surface area contributed by atoms with E-state index in [1.165, 1.54) is 0 Å². The Labute approximate surface area is 173 Å². The lowest BCUT2D eigenvalue weighted by molar-refractivity contribution is 1.16. The third-order valence-corrected chi connectivity index (χ3v) is 4.88. The molecular formula is C22H15ClN6. The van der Waals surface area contributed by atoms with Gasteiger partial charge in [0.05, 0.1) is 34.8 Å². The molecule has 0 aliphatic heterocycles. The van der Waals surface area contributed by atoms with Crippen molar-refractivity contribution in [3.8, 4) is 12.1 Å². The van der Waals surface area contributed by atoms with Crippen LogP contribution in [0.1, 0.15) is 23.1 Å². The molecule has 29 heavy (non-hydrogen) atoms. The fourth-order valence-corrected chi connectivity index (χ4v) is 3.39. The molecule has 0 radical (unpaired) electrons. The summed E-state index contributed by atoms with van der Waals surface area (Å²) < 4.78 is 0. The zero-order chi connectivity index (χ0) is 20.2. The van der Waals surface area contributed by atoms with Crippen molar-refractivity contribution in [3.05, 3.63) is 76.5 Å². The molecule has 7 heteroatoms. The van der Waals surface area contributed by atoms with Crippen LogP contribution in [0.3, 0.4) is 0 Å². The highest BCUT2D eigenvalue weighted by Gasteiger charge is 2.17. The predicted octanol–water partition coefficient (Wildman–Crippen LogP) is 5.34. The van der Waals surface area contributed by atoms with Crippen molar-refractivity contribution >= 4 is 40.3 Å². The second-order valence-electron chi connectivity index (χ2n) is 6.46. The first kappa shape index (κ1) is 18.5. The molecule has 0 spiro atoms. The summed E-state index contributed by atoms with van der Waals surface area (Å²) in [5.41, 5.74) is 5.28. The van der Waals surface area contributed by atoms with Crippen molar-refractivity contribution < 1.29 is 0 Å². The molecule has 2 aromatic carbocycles. The third kappa shape index (κ3) is 4.03. The predicted molar refractivity (Wildman–Crippen MR) is 113 cm³/mol. The molecule has 1 heterocycles. The van der Waals surface area contributed by atoms with Crippen LogP contribution in [0.5, 0.6) is 0 Å². The van der Waals surface area contributed by atoms with Crippen molar-refractivity contribution in [1.82, 2.24) is 9.97 Å². The van der Waals surface area contributed by atoms with Crippen molar-refractivity contribution in [2.24, 2.45) is 0 Å². The molecule has 1 aliphatic carbocycles. The molecule has 3 aromatic rings. The molecule has 2 N–H and O–H groups in total. The zero-order valence-electron chi connectivity index (χ0n) is 15.3. The summed E-state index contributed by atoms with van der Waals surface area (Å²) in [5.74, 6) is 1.00. The summed E-state index contributed by atoms with van der Waals surface area (Å²) in [6, 6.07) is 17.0. The van der Waals surface area contributed by atoms with Crippen LogP contribution in [-0.2, 0) is 6.42 Å². The van der Waals surface area contributed by atoms with Crippen molar-refractivity contribution in [3.63, 3.8) is 0 Å². The monoisotopic (exact) mass is 398 g/mol. The van der Waals surface area contributed by atoms with E-state index < -0.39 is 0 Å². The number of halogens is 1. The zero-order valence-corrected chi connectivity index (χ0v) is 16.0. The summed E-state index contributed by atoms with van der Waals surface area (Å²) in [7, 11) is 0. The van der Waals surface area contributed by atoms with Crippen LogP contribution in [-0.4, -0.2) is 9.97 Å². The molecule has 0 amide bonds. The fraction of sp³-hybridized carbons (Fsp3) is 0.0909. The minimum absolute atomic E-state index is 0.375. The number of aromatic nitrogens is 2. The van der Waals surface area contributed by atoms with E-state index in [0.717, 1.165) is 34.5 Å². The highest BCUT2D eigenvalue weighted by atomic mass is 35.5. The number of nitriles is 2. The van der Waals surface area contributed by atoms with Crippen LogP contribution < -0.4 is 10.6 Å². The summed E-state index contributed by atoms with van der Waals surface area (Å²) in [6.07, 6.45) is 4.88. The van der Waals surface area contributed by atoms with Crippen molar-refractivity contribution in [2.45, 2.75) is 12.8 Å². The first-order valence-electron chi connectivity index (χ1n) is 8.92. The van der Waals surface area contributed by atoms with E-state index in [0.29, 0.717) is 28.8 Å². The Morgan fingerprint density at radius 1 is 1.07 bits per heavy atom. The van der Waals surface area contributed by atoms with Gasteiger partial charge in [-0.05, 0) is 65.6 Å². The molecular weight excluding hydrogens is 384 g/mol. The molecule has 0 unspecified atom stereocenters. The number of rotatable bonds is 5. The lowest BCUT2D eigenvalue weighted by Crippen LogP contribution is -2.01. The first-order chi connectivity index (χ1) is 14.2. The van der Waals surface area contributed by atoms with Gasteiger partial charge >= 0.3 is 0 Å². The molecule has 0 saturated heterocycles. The van der Waals surface area contributed by atoms with Crippen LogP contribution in [0.2, 0.25) is 5.02 Å². The smallest absolute Gasteiger partial charge is 0.229 e. The van der Waals surface area contributed by atoms with Crippen LogP contribution >= 0.6 is 11.6 Å².